The number of halogens is 1. The Labute approximate surface area is 181 Å². The molecule has 2 aromatic carbocycles. The lowest BCUT2D eigenvalue weighted by Crippen LogP contribution is -2.25. The van der Waals surface area contributed by atoms with E-state index in [4.69, 9.17) is 30.5 Å². The lowest BCUT2D eigenvalue weighted by molar-refractivity contribution is 0.0508. The minimum atomic E-state index is 0.159. The summed E-state index contributed by atoms with van der Waals surface area (Å²) in [6.07, 6.45) is 1.01. The quantitative estimate of drug-likeness (QED) is 0.491. The Morgan fingerprint density at radius 1 is 0.966 bits per heavy atom. The zero-order valence-electron chi connectivity index (χ0n) is 17.2. The third-order valence-corrected chi connectivity index (χ3v) is 5.82. The first-order valence-electron chi connectivity index (χ1n) is 9.34. The molecule has 2 aromatic rings. The van der Waals surface area contributed by atoms with Gasteiger partial charge in [0.15, 0.2) is 13.6 Å². The highest BCUT2D eigenvalue weighted by atomic mass is 35.5. The maximum Gasteiger partial charge on any atom is 0.188 e. The Morgan fingerprint density at radius 2 is 1.69 bits per heavy atom. The largest absolute Gasteiger partial charge is 0.467 e. The van der Waals surface area contributed by atoms with Crippen molar-refractivity contribution in [2.24, 2.45) is 0 Å². The van der Waals surface area contributed by atoms with Crippen molar-refractivity contribution < 1.29 is 18.9 Å². The van der Waals surface area contributed by atoms with Gasteiger partial charge in [0.25, 0.3) is 0 Å². The molecular weight excluding hydrogens is 412 g/mol. The first-order valence-corrected chi connectivity index (χ1v) is 10.5. The normalized spacial score (nSPS) is 12.7. The van der Waals surface area contributed by atoms with Gasteiger partial charge in [0, 0.05) is 36.6 Å². The van der Waals surface area contributed by atoms with Gasteiger partial charge < -0.3 is 28.7 Å². The molecule has 158 valence electrons. The smallest absolute Gasteiger partial charge is 0.188 e. The summed E-state index contributed by atoms with van der Waals surface area (Å²) in [5, 5.41) is 0.564. The predicted octanol–water partition coefficient (Wildman–Crippen LogP) is 4.86. The number of benzene rings is 2. The highest BCUT2D eigenvalue weighted by molar-refractivity contribution is 7.99. The third-order valence-electron chi connectivity index (χ3n) is 4.41. The van der Waals surface area contributed by atoms with E-state index in [1.54, 1.807) is 26.0 Å². The fourth-order valence-electron chi connectivity index (χ4n) is 3.10. The van der Waals surface area contributed by atoms with E-state index in [9.17, 15) is 0 Å². The molecule has 1 heterocycles. The number of ether oxygens (including phenoxy) is 4. The lowest BCUT2D eigenvalue weighted by Gasteiger charge is -2.34. The summed E-state index contributed by atoms with van der Waals surface area (Å²) in [7, 11) is 7.37. The van der Waals surface area contributed by atoms with Crippen LogP contribution in [0.1, 0.15) is 6.42 Å². The van der Waals surface area contributed by atoms with Gasteiger partial charge in [0.1, 0.15) is 11.5 Å². The zero-order chi connectivity index (χ0) is 20.8. The Kier molecular flexibility index (Phi) is 7.91. The van der Waals surface area contributed by atoms with Crippen molar-refractivity contribution in [3.05, 3.63) is 35.4 Å². The summed E-state index contributed by atoms with van der Waals surface area (Å²) >= 11 is 8.20. The highest BCUT2D eigenvalue weighted by Gasteiger charge is 2.26. The maximum atomic E-state index is 6.51. The molecule has 6 nitrogen and oxygen atoms in total. The first kappa shape index (κ1) is 22.1. The number of anilines is 2. The van der Waals surface area contributed by atoms with Crippen LogP contribution in [-0.4, -0.2) is 59.9 Å². The van der Waals surface area contributed by atoms with Crippen molar-refractivity contribution in [1.29, 1.82) is 0 Å². The van der Waals surface area contributed by atoms with Crippen LogP contribution in [0.4, 0.5) is 11.4 Å². The van der Waals surface area contributed by atoms with Gasteiger partial charge in [-0.2, -0.15) is 0 Å². The number of hydrogen-bond acceptors (Lipinski definition) is 7. The number of methoxy groups -OCH3 is 2. The third kappa shape index (κ3) is 5.49. The molecule has 0 atom stereocenters. The number of fused-ring (bicyclic) bond motifs is 2. The second-order valence-electron chi connectivity index (χ2n) is 6.89. The van der Waals surface area contributed by atoms with Crippen LogP contribution in [0.3, 0.4) is 0 Å². The van der Waals surface area contributed by atoms with Crippen LogP contribution >= 0.6 is 23.4 Å². The minimum Gasteiger partial charge on any atom is -0.467 e. The standard InChI is InChI=1S/C21H27ClN2O4S/c1-23(2)8-5-9-24-17-10-15(27-13-25-3)6-7-20(17)29-21-12-19(28-14-26-4)16(22)11-18(21)24/h6-7,10-12H,5,8-9,13-14H2,1-4H3. The van der Waals surface area contributed by atoms with Gasteiger partial charge in [-0.25, -0.2) is 0 Å². The van der Waals surface area contributed by atoms with Crippen LogP contribution < -0.4 is 14.4 Å². The van der Waals surface area contributed by atoms with Crippen molar-refractivity contribution in [1.82, 2.24) is 4.90 Å². The van der Waals surface area contributed by atoms with Crippen LogP contribution in [0.15, 0.2) is 40.1 Å². The Bertz CT molecular complexity index is 835. The Balaban J connectivity index is 1.95. The van der Waals surface area contributed by atoms with E-state index in [0.717, 1.165) is 46.4 Å². The molecule has 0 N–H and O–H groups in total. The molecular formula is C21H27ClN2O4S. The summed E-state index contributed by atoms with van der Waals surface area (Å²) in [4.78, 5) is 6.75. The van der Waals surface area contributed by atoms with Crippen molar-refractivity contribution in [2.45, 2.75) is 16.2 Å². The van der Waals surface area contributed by atoms with Crippen molar-refractivity contribution in [3.63, 3.8) is 0 Å². The van der Waals surface area contributed by atoms with Gasteiger partial charge in [0.2, 0.25) is 0 Å². The molecule has 8 heteroatoms. The molecule has 0 saturated heterocycles. The lowest BCUT2D eigenvalue weighted by atomic mass is 10.2. The van der Waals surface area contributed by atoms with Crippen molar-refractivity contribution in [2.75, 3.05) is 59.9 Å². The molecule has 0 saturated carbocycles. The molecule has 0 fully saturated rings. The highest BCUT2D eigenvalue weighted by Crippen LogP contribution is 2.51. The monoisotopic (exact) mass is 438 g/mol. The SMILES string of the molecule is COCOc1ccc2c(c1)N(CCCN(C)C)c1cc(Cl)c(OCOC)cc1S2. The fraction of sp³-hybridized carbons (Fsp3) is 0.429. The fourth-order valence-corrected chi connectivity index (χ4v) is 4.39. The zero-order valence-corrected chi connectivity index (χ0v) is 18.8. The van der Waals surface area contributed by atoms with Gasteiger partial charge in [0.05, 0.1) is 16.4 Å². The van der Waals surface area contributed by atoms with E-state index in [0.29, 0.717) is 10.8 Å². The minimum absolute atomic E-state index is 0.159. The number of hydrogen-bond donors (Lipinski definition) is 0. The van der Waals surface area contributed by atoms with E-state index in [2.05, 4.69) is 36.0 Å². The number of rotatable bonds is 10. The van der Waals surface area contributed by atoms with Crippen molar-refractivity contribution >= 4 is 34.7 Å². The summed E-state index contributed by atoms with van der Waals surface area (Å²) < 4.78 is 21.3. The van der Waals surface area contributed by atoms with Gasteiger partial charge in [-0.15, -0.1) is 0 Å². The van der Waals surface area contributed by atoms with Gasteiger partial charge >= 0.3 is 0 Å². The summed E-state index contributed by atoms with van der Waals surface area (Å²) in [5.41, 5.74) is 2.18. The second kappa shape index (κ2) is 10.4. The molecule has 3 rings (SSSR count). The molecule has 0 amide bonds. The van der Waals surface area contributed by atoms with E-state index < -0.39 is 0 Å². The van der Waals surface area contributed by atoms with E-state index >= 15 is 0 Å². The molecule has 0 spiro atoms. The molecule has 1 aliphatic rings. The molecule has 0 aliphatic carbocycles. The Morgan fingerprint density at radius 3 is 2.41 bits per heavy atom. The predicted molar refractivity (Wildman–Crippen MR) is 117 cm³/mol. The van der Waals surface area contributed by atoms with Crippen LogP contribution in [-0.2, 0) is 9.47 Å². The second-order valence-corrected chi connectivity index (χ2v) is 8.38. The average molecular weight is 439 g/mol. The topological polar surface area (TPSA) is 43.4 Å². The van der Waals surface area contributed by atoms with E-state index in [-0.39, 0.29) is 13.6 Å². The van der Waals surface area contributed by atoms with E-state index in [1.807, 2.05) is 18.2 Å². The number of nitrogens with zero attached hydrogens (tertiary/aromatic N) is 2. The van der Waals surface area contributed by atoms with Crippen molar-refractivity contribution in [3.8, 4) is 11.5 Å². The molecule has 0 unspecified atom stereocenters. The first-order chi connectivity index (χ1) is 14.0. The van der Waals surface area contributed by atoms with Gasteiger partial charge in [-0.3, -0.25) is 0 Å². The Hall–Kier alpha value is -1.64. The summed E-state index contributed by atoms with van der Waals surface area (Å²) in [6.45, 7) is 2.24. The molecule has 1 aliphatic heterocycles. The maximum absolute atomic E-state index is 6.51. The summed E-state index contributed by atoms with van der Waals surface area (Å²) in [5.74, 6) is 1.40. The van der Waals surface area contributed by atoms with Gasteiger partial charge in [-0.05, 0) is 51.3 Å². The van der Waals surface area contributed by atoms with Crippen LogP contribution in [0.2, 0.25) is 5.02 Å². The molecule has 29 heavy (non-hydrogen) atoms. The van der Waals surface area contributed by atoms with Crippen LogP contribution in [0, 0.1) is 0 Å². The van der Waals surface area contributed by atoms with E-state index in [1.165, 1.54) is 0 Å². The molecule has 0 aromatic heterocycles. The molecule has 0 bridgehead atoms. The average Bonchev–Trinajstić information content (AvgIpc) is 2.70. The molecule has 0 radical (unpaired) electrons. The van der Waals surface area contributed by atoms with Crippen LogP contribution in [0.25, 0.3) is 0 Å². The summed E-state index contributed by atoms with van der Waals surface area (Å²) in [6, 6.07) is 10.1. The van der Waals surface area contributed by atoms with Crippen LogP contribution in [0.5, 0.6) is 11.5 Å². The van der Waals surface area contributed by atoms with Gasteiger partial charge in [-0.1, -0.05) is 23.4 Å².